The summed E-state index contributed by atoms with van der Waals surface area (Å²) in [4.78, 5) is 25.4. The number of rotatable bonds is 8. The topological polar surface area (TPSA) is 126 Å². The van der Waals surface area contributed by atoms with Gasteiger partial charge in [-0.3, -0.25) is 9.08 Å². The van der Waals surface area contributed by atoms with E-state index in [1.807, 2.05) is 6.07 Å². The molecule has 0 bridgehead atoms. The van der Waals surface area contributed by atoms with Gasteiger partial charge in [-0.25, -0.2) is 9.59 Å². The number of nitrogens with zero attached hydrogens (tertiary/aromatic N) is 2. The highest BCUT2D eigenvalue weighted by Gasteiger charge is 2.17. The monoisotopic (exact) mass is 443 g/mol. The molecule has 0 saturated carbocycles. The Morgan fingerprint density at radius 1 is 1.13 bits per heavy atom. The van der Waals surface area contributed by atoms with Crippen LogP contribution < -0.4 is 10.2 Å². The van der Waals surface area contributed by atoms with Crippen LogP contribution in [0.15, 0.2) is 54.6 Å². The molecule has 31 heavy (non-hydrogen) atoms. The maximum Gasteiger partial charge on any atom is 0.330 e. The number of hydrogen-bond acceptors (Lipinski definition) is 7. The molecule has 2 rings (SSSR count). The molecule has 1 N–H and O–H groups in total. The van der Waals surface area contributed by atoms with Crippen LogP contribution in [0, 0.1) is 11.3 Å². The number of amides is 2. The maximum absolute atomic E-state index is 12.8. The van der Waals surface area contributed by atoms with Crippen molar-refractivity contribution in [2.24, 2.45) is 0 Å². The molecule has 0 spiro atoms. The number of nitrogens with one attached hydrogen (secondary N) is 1. The predicted molar refractivity (Wildman–Crippen MR) is 116 cm³/mol. The number of urea groups is 1. The normalized spacial score (nSPS) is 11.0. The SMILES string of the molecule is COC(=O)C=Cc1ccc(N(CCOS(C)(=O)=O)C(=O)Nc2ccc(C#N)cc2)cc1. The van der Waals surface area contributed by atoms with Gasteiger partial charge in [0.25, 0.3) is 10.1 Å². The van der Waals surface area contributed by atoms with Crippen LogP contribution in [0.25, 0.3) is 6.08 Å². The molecule has 0 unspecified atom stereocenters. The molecule has 0 aliphatic rings. The van der Waals surface area contributed by atoms with E-state index in [9.17, 15) is 18.0 Å². The first-order valence-electron chi connectivity index (χ1n) is 9.01. The molecule has 0 saturated heterocycles. The first-order valence-corrected chi connectivity index (χ1v) is 10.8. The number of ether oxygens (including phenoxy) is 1. The fourth-order valence-electron chi connectivity index (χ4n) is 2.44. The molecule has 2 amide bonds. The van der Waals surface area contributed by atoms with Crippen LogP contribution >= 0.6 is 0 Å². The Morgan fingerprint density at radius 3 is 2.32 bits per heavy atom. The van der Waals surface area contributed by atoms with Crippen LogP contribution in [0.3, 0.4) is 0 Å². The highest BCUT2D eigenvalue weighted by Crippen LogP contribution is 2.18. The quantitative estimate of drug-likeness (QED) is 0.378. The van der Waals surface area contributed by atoms with Crippen molar-refractivity contribution in [3.8, 4) is 6.07 Å². The summed E-state index contributed by atoms with van der Waals surface area (Å²) in [6.45, 7) is -0.268. The minimum atomic E-state index is -3.66. The summed E-state index contributed by atoms with van der Waals surface area (Å²) < 4.78 is 31.8. The van der Waals surface area contributed by atoms with Crippen LogP contribution in [-0.2, 0) is 23.8 Å². The third kappa shape index (κ3) is 7.93. The molecule has 0 radical (unpaired) electrons. The van der Waals surface area contributed by atoms with E-state index in [1.165, 1.54) is 18.1 Å². The summed E-state index contributed by atoms with van der Waals surface area (Å²) in [6.07, 6.45) is 3.75. The highest BCUT2D eigenvalue weighted by atomic mass is 32.2. The molecule has 0 aliphatic heterocycles. The van der Waals surface area contributed by atoms with Crippen LogP contribution in [-0.4, -0.2) is 46.9 Å². The number of esters is 1. The summed E-state index contributed by atoms with van der Waals surface area (Å²) in [5, 5.41) is 11.6. The summed E-state index contributed by atoms with van der Waals surface area (Å²) >= 11 is 0. The lowest BCUT2D eigenvalue weighted by molar-refractivity contribution is -0.134. The average molecular weight is 443 g/mol. The predicted octanol–water partition coefficient (Wildman–Crippen LogP) is 2.76. The molecular weight excluding hydrogens is 422 g/mol. The van der Waals surface area contributed by atoms with Crippen molar-refractivity contribution < 1.29 is 26.9 Å². The number of carbonyl (C=O) groups excluding carboxylic acids is 2. The molecule has 0 heterocycles. The van der Waals surface area contributed by atoms with Gasteiger partial charge in [-0.2, -0.15) is 13.7 Å². The molecular formula is C21H21N3O6S. The Bertz CT molecular complexity index is 1090. The Labute approximate surface area is 180 Å². The van der Waals surface area contributed by atoms with Gasteiger partial charge in [0, 0.05) is 17.5 Å². The zero-order chi connectivity index (χ0) is 22.9. The first-order chi connectivity index (χ1) is 14.7. The van der Waals surface area contributed by atoms with Crippen LogP contribution in [0.5, 0.6) is 0 Å². The Morgan fingerprint density at radius 2 is 1.77 bits per heavy atom. The highest BCUT2D eigenvalue weighted by molar-refractivity contribution is 7.85. The summed E-state index contributed by atoms with van der Waals surface area (Å²) in [5.41, 5.74) is 2.11. The zero-order valence-electron chi connectivity index (χ0n) is 16.9. The van der Waals surface area contributed by atoms with E-state index >= 15 is 0 Å². The van der Waals surface area contributed by atoms with Gasteiger partial charge < -0.3 is 10.1 Å². The average Bonchev–Trinajstić information content (AvgIpc) is 2.75. The number of benzene rings is 2. The number of methoxy groups -OCH3 is 1. The lowest BCUT2D eigenvalue weighted by Crippen LogP contribution is -2.37. The second-order valence-corrected chi connectivity index (χ2v) is 7.89. The van der Waals surface area contributed by atoms with Gasteiger partial charge in [-0.05, 0) is 48.0 Å². The molecule has 0 fully saturated rings. The molecule has 0 aromatic heterocycles. The number of anilines is 2. The second-order valence-electron chi connectivity index (χ2n) is 6.25. The van der Waals surface area contributed by atoms with Crippen LogP contribution in [0.2, 0.25) is 0 Å². The van der Waals surface area contributed by atoms with E-state index in [1.54, 1.807) is 54.6 Å². The number of nitriles is 1. The van der Waals surface area contributed by atoms with Gasteiger partial charge in [0.2, 0.25) is 0 Å². The van der Waals surface area contributed by atoms with Crippen molar-refractivity contribution in [2.75, 3.05) is 36.7 Å². The number of carbonyl (C=O) groups is 2. The molecule has 9 nitrogen and oxygen atoms in total. The maximum atomic E-state index is 12.8. The Kier molecular flexibility index (Phi) is 8.31. The minimum absolute atomic E-state index is 0.0352. The third-order valence-electron chi connectivity index (χ3n) is 3.94. The summed E-state index contributed by atoms with van der Waals surface area (Å²) in [6, 6.07) is 14.5. The van der Waals surface area contributed by atoms with Crippen molar-refractivity contribution in [1.29, 1.82) is 5.26 Å². The van der Waals surface area contributed by atoms with Gasteiger partial charge in [0.15, 0.2) is 0 Å². The van der Waals surface area contributed by atoms with E-state index in [4.69, 9.17) is 9.44 Å². The third-order valence-corrected chi connectivity index (χ3v) is 4.54. The molecule has 0 atom stereocenters. The molecule has 0 aliphatic carbocycles. The van der Waals surface area contributed by atoms with Crippen molar-refractivity contribution in [2.45, 2.75) is 0 Å². The van der Waals surface area contributed by atoms with Crippen molar-refractivity contribution in [3.05, 3.63) is 65.7 Å². The Hall–Kier alpha value is -3.68. The van der Waals surface area contributed by atoms with Crippen LogP contribution in [0.4, 0.5) is 16.2 Å². The van der Waals surface area contributed by atoms with E-state index in [0.717, 1.165) is 6.26 Å². The molecule has 2 aromatic carbocycles. The van der Waals surface area contributed by atoms with Gasteiger partial charge in [-0.1, -0.05) is 12.1 Å². The largest absolute Gasteiger partial charge is 0.466 e. The van der Waals surface area contributed by atoms with E-state index in [-0.39, 0.29) is 13.2 Å². The smallest absolute Gasteiger partial charge is 0.330 e. The zero-order valence-corrected chi connectivity index (χ0v) is 17.8. The standard InChI is InChI=1S/C21H21N3O6S/c1-29-20(25)12-7-16-5-10-19(11-6-16)24(13-14-30-31(2,27)28)21(26)23-18-8-3-17(15-22)4-9-18/h3-12H,13-14H2,1-2H3,(H,23,26). The lowest BCUT2D eigenvalue weighted by Gasteiger charge is -2.23. The van der Waals surface area contributed by atoms with E-state index in [2.05, 4.69) is 10.1 Å². The molecule has 2 aromatic rings. The van der Waals surface area contributed by atoms with Gasteiger partial charge >= 0.3 is 12.0 Å². The van der Waals surface area contributed by atoms with Gasteiger partial charge in [-0.15, -0.1) is 0 Å². The van der Waals surface area contributed by atoms with Crippen molar-refractivity contribution in [3.63, 3.8) is 0 Å². The van der Waals surface area contributed by atoms with E-state index < -0.39 is 22.1 Å². The van der Waals surface area contributed by atoms with Gasteiger partial charge in [0.1, 0.15) is 0 Å². The van der Waals surface area contributed by atoms with Crippen molar-refractivity contribution in [1.82, 2.24) is 0 Å². The van der Waals surface area contributed by atoms with Crippen LogP contribution in [0.1, 0.15) is 11.1 Å². The minimum Gasteiger partial charge on any atom is -0.466 e. The second kappa shape index (κ2) is 10.9. The number of hydrogen-bond donors (Lipinski definition) is 1. The fraction of sp³-hybridized carbons (Fsp3) is 0.190. The molecule has 162 valence electrons. The fourth-order valence-corrected chi connectivity index (χ4v) is 2.82. The summed E-state index contributed by atoms with van der Waals surface area (Å²) in [7, 11) is -2.38. The molecule has 10 heteroatoms. The van der Waals surface area contributed by atoms with Crippen molar-refractivity contribution >= 4 is 39.6 Å². The summed E-state index contributed by atoms with van der Waals surface area (Å²) in [5.74, 6) is -0.495. The van der Waals surface area contributed by atoms with Gasteiger partial charge in [0.05, 0.1) is 38.1 Å². The Balaban J connectivity index is 2.20. The lowest BCUT2D eigenvalue weighted by atomic mass is 10.2. The van der Waals surface area contributed by atoms with E-state index in [0.29, 0.717) is 22.5 Å². The first kappa shape index (κ1) is 23.6.